The minimum Gasteiger partial charge on any atom is -0.535 e. The average Bonchev–Trinajstić information content (AvgIpc) is 2.19. The zero-order valence-corrected chi connectivity index (χ0v) is 15.8. The van der Waals surface area contributed by atoms with Crippen LogP contribution in [-0.2, 0) is 14.4 Å². The maximum absolute atomic E-state index is 8.90. The van der Waals surface area contributed by atoms with E-state index in [0.717, 1.165) is 18.2 Å². The molecule has 0 amide bonds. The van der Waals surface area contributed by atoms with Gasteiger partial charge in [0.15, 0.2) is 0 Å². The van der Waals surface area contributed by atoms with Gasteiger partial charge in [-0.25, -0.2) is 0 Å². The summed E-state index contributed by atoms with van der Waals surface area (Å²) in [6.07, 6.45) is 0. The van der Waals surface area contributed by atoms with Gasteiger partial charge >= 0.3 is 88.7 Å². The van der Waals surface area contributed by atoms with Crippen LogP contribution >= 0.6 is 0 Å². The third-order valence-electron chi connectivity index (χ3n) is 0.274. The van der Waals surface area contributed by atoms with E-state index in [4.69, 9.17) is 45.5 Å². The van der Waals surface area contributed by atoms with Crippen molar-refractivity contribution in [3.05, 3.63) is 0 Å². The zero-order chi connectivity index (χ0) is 12.9. The molecule has 0 aromatic heterocycles. The first-order valence-electron chi connectivity index (χ1n) is 2.65. The largest absolute Gasteiger partial charge is 1.00 e. The molecule has 9 nitrogen and oxygen atoms in total. The molecule has 0 atom stereocenters. The second kappa shape index (κ2) is 30.2. The van der Waals surface area contributed by atoms with Gasteiger partial charge in [0.25, 0.3) is 0 Å². The Bertz CT molecular complexity index is 309. The number of hydrogen-bond donors (Lipinski definition) is 0. The fourth-order valence-electron chi connectivity index (χ4n) is 0. The summed E-state index contributed by atoms with van der Waals surface area (Å²) in [4.78, 5) is 26.7. The van der Waals surface area contributed by atoms with Crippen LogP contribution in [0.1, 0.15) is 0 Å². The molecule has 0 bridgehead atoms. The van der Waals surface area contributed by atoms with E-state index in [-0.39, 0.29) is 88.7 Å². The fraction of sp³-hybridized carbons (Fsp3) is 0. The molecule has 0 aliphatic heterocycles. The zero-order valence-electron chi connectivity index (χ0n) is 9.79. The Morgan fingerprint density at radius 2 is 0.667 bits per heavy atom. The first-order valence-corrected chi connectivity index (χ1v) is 2.65. The number of rotatable bonds is 0. The minimum atomic E-state index is -1.69. The molecule has 0 aromatic carbocycles. The van der Waals surface area contributed by atoms with Gasteiger partial charge in [-0.3, -0.25) is 0 Å². The molecular weight excluding hydrogens is 279 g/mol. The van der Waals surface area contributed by atoms with Crippen LogP contribution in [0.4, 0.5) is 0 Å². The predicted octanol–water partition coefficient (Wildman–Crippen LogP) is -14.2. The number of carboxylic acid groups (broad SMARTS) is 3. The molecule has 0 unspecified atom stereocenters. The topological polar surface area (TPSA) is 192 Å². The Hall–Kier alpha value is -0.120. The molecule has 0 saturated carbocycles. The Morgan fingerprint density at radius 3 is 0.667 bits per heavy atom. The number of aliphatic carboxylic acids is 3. The standard InChI is InChI=1S/3C2HNO2.3Na/c3*3-1-2(4)5;;;/h3*(H,4,5);;;/q;;;3*+1/p-3. The number of carbonyl (C=O) groups excluding carboxylic acids is 3. The van der Waals surface area contributed by atoms with Gasteiger partial charge in [-0.2, -0.15) is 15.8 Å². The van der Waals surface area contributed by atoms with E-state index in [9.17, 15) is 0 Å². The number of nitrogens with zero attached hydrogens (tertiary/aromatic N) is 3. The number of carbonyl (C=O) groups is 3. The monoisotopic (exact) mass is 279 g/mol. The Kier molecular flexibility index (Phi) is 60.5. The summed E-state index contributed by atoms with van der Waals surface area (Å²) in [5.74, 6) is -5.07. The molecule has 0 N–H and O–H groups in total. The summed E-state index contributed by atoms with van der Waals surface area (Å²) in [6.45, 7) is 0. The van der Waals surface area contributed by atoms with Gasteiger partial charge in [0.2, 0.25) is 0 Å². The van der Waals surface area contributed by atoms with E-state index < -0.39 is 17.9 Å². The van der Waals surface area contributed by atoms with Crippen molar-refractivity contribution in [2.75, 3.05) is 0 Å². The third-order valence-corrected chi connectivity index (χ3v) is 0.274. The van der Waals surface area contributed by atoms with Crippen molar-refractivity contribution in [3.8, 4) is 18.2 Å². The minimum absolute atomic E-state index is 0. The first kappa shape index (κ1) is 36.1. The molecular formula is C6N3Na3O6. The normalized spacial score (nSPS) is 4.50. The summed E-state index contributed by atoms with van der Waals surface area (Å²) in [7, 11) is 0. The van der Waals surface area contributed by atoms with Gasteiger partial charge in [-0.15, -0.1) is 0 Å². The average molecular weight is 279 g/mol. The van der Waals surface area contributed by atoms with Crippen LogP contribution in [-0.4, -0.2) is 17.9 Å². The van der Waals surface area contributed by atoms with Gasteiger partial charge in [0.1, 0.15) is 36.1 Å². The second-order valence-corrected chi connectivity index (χ2v) is 1.20. The Balaban J connectivity index is -0.0000000277. The van der Waals surface area contributed by atoms with Crippen LogP contribution in [0.25, 0.3) is 0 Å². The van der Waals surface area contributed by atoms with Crippen LogP contribution in [0.5, 0.6) is 0 Å². The number of carboxylic acids is 3. The Labute approximate surface area is 168 Å². The third kappa shape index (κ3) is 102. The molecule has 0 aromatic rings. The van der Waals surface area contributed by atoms with Crippen LogP contribution in [0, 0.1) is 34.0 Å². The fourth-order valence-corrected chi connectivity index (χ4v) is 0. The molecule has 0 spiro atoms. The smallest absolute Gasteiger partial charge is 0.535 e. The summed E-state index contributed by atoms with van der Waals surface area (Å²) in [6, 6.07) is 2.50. The van der Waals surface area contributed by atoms with Gasteiger partial charge in [-0.1, -0.05) is 0 Å². The van der Waals surface area contributed by atoms with E-state index >= 15 is 0 Å². The number of nitriles is 3. The van der Waals surface area contributed by atoms with E-state index in [0.29, 0.717) is 0 Å². The van der Waals surface area contributed by atoms with Crippen LogP contribution in [0.3, 0.4) is 0 Å². The molecule has 0 rings (SSSR count). The maximum Gasteiger partial charge on any atom is 1.00 e. The van der Waals surface area contributed by atoms with Gasteiger partial charge in [0, 0.05) is 0 Å². The van der Waals surface area contributed by atoms with Crippen molar-refractivity contribution in [2.24, 2.45) is 0 Å². The molecule has 0 fully saturated rings. The van der Waals surface area contributed by atoms with Crippen molar-refractivity contribution in [3.63, 3.8) is 0 Å². The van der Waals surface area contributed by atoms with Crippen molar-refractivity contribution >= 4 is 17.9 Å². The van der Waals surface area contributed by atoms with E-state index in [2.05, 4.69) is 0 Å². The SMILES string of the molecule is N#CC(=O)[O-].N#CC(=O)[O-].N#CC(=O)[O-].[Na+].[Na+].[Na+]. The van der Waals surface area contributed by atoms with Crippen molar-refractivity contribution < 1.29 is 118 Å². The Morgan fingerprint density at radius 1 is 0.611 bits per heavy atom. The molecule has 78 valence electrons. The first-order chi connectivity index (χ1) is 6.81. The molecule has 12 heteroatoms. The quantitative estimate of drug-likeness (QED) is 0.305. The molecule has 0 heterocycles. The van der Waals surface area contributed by atoms with Crippen molar-refractivity contribution in [2.45, 2.75) is 0 Å². The molecule has 0 aliphatic carbocycles. The van der Waals surface area contributed by atoms with Crippen LogP contribution in [0.15, 0.2) is 0 Å². The number of hydrogen-bond acceptors (Lipinski definition) is 9. The summed E-state index contributed by atoms with van der Waals surface area (Å²) < 4.78 is 0. The van der Waals surface area contributed by atoms with Crippen LogP contribution in [0.2, 0.25) is 0 Å². The summed E-state index contributed by atoms with van der Waals surface area (Å²) in [5, 5.41) is 48.4. The van der Waals surface area contributed by atoms with Crippen molar-refractivity contribution in [1.82, 2.24) is 0 Å². The van der Waals surface area contributed by atoms with E-state index in [1.807, 2.05) is 0 Å². The predicted molar refractivity (Wildman–Crippen MR) is 31.9 cm³/mol. The summed E-state index contributed by atoms with van der Waals surface area (Å²) >= 11 is 0. The second-order valence-electron chi connectivity index (χ2n) is 1.20. The van der Waals surface area contributed by atoms with Gasteiger partial charge in [0.05, 0.1) is 0 Å². The summed E-state index contributed by atoms with van der Waals surface area (Å²) in [5.41, 5.74) is 0. The molecule has 18 heavy (non-hydrogen) atoms. The van der Waals surface area contributed by atoms with E-state index in [1.54, 1.807) is 0 Å². The van der Waals surface area contributed by atoms with Gasteiger partial charge < -0.3 is 29.7 Å². The molecule has 0 radical (unpaired) electrons. The molecule has 0 saturated heterocycles. The van der Waals surface area contributed by atoms with E-state index in [1.165, 1.54) is 0 Å². The molecule has 0 aliphatic rings. The van der Waals surface area contributed by atoms with Crippen LogP contribution < -0.4 is 104 Å². The maximum atomic E-state index is 8.90. The van der Waals surface area contributed by atoms with Crippen molar-refractivity contribution in [1.29, 1.82) is 15.8 Å². The van der Waals surface area contributed by atoms with Gasteiger partial charge in [-0.05, 0) is 0 Å².